The van der Waals surface area contributed by atoms with Gasteiger partial charge in [0, 0.05) is 45.0 Å². The Morgan fingerprint density at radius 3 is 2.32 bits per heavy atom. The molecule has 22 heavy (non-hydrogen) atoms. The molecule has 0 atom stereocenters. The van der Waals surface area contributed by atoms with Gasteiger partial charge in [0.25, 0.3) is 0 Å². The lowest BCUT2D eigenvalue weighted by atomic mass is 10.1. The van der Waals surface area contributed by atoms with Crippen LogP contribution in [-0.2, 0) is 4.79 Å². The first-order chi connectivity index (χ1) is 10.5. The van der Waals surface area contributed by atoms with Crippen molar-refractivity contribution in [2.45, 2.75) is 0 Å². The summed E-state index contributed by atoms with van der Waals surface area (Å²) in [5.74, 6) is -1.39. The summed E-state index contributed by atoms with van der Waals surface area (Å²) in [6.07, 6.45) is 2.45. The van der Waals surface area contributed by atoms with Crippen LogP contribution >= 0.6 is 0 Å². The highest BCUT2D eigenvalue weighted by Crippen LogP contribution is 2.25. The second-order valence-corrected chi connectivity index (χ2v) is 4.63. The van der Waals surface area contributed by atoms with Crippen LogP contribution in [0.2, 0.25) is 0 Å². The van der Waals surface area contributed by atoms with Crippen molar-refractivity contribution >= 4 is 18.1 Å². The molecule has 1 aromatic rings. The zero-order valence-corrected chi connectivity index (χ0v) is 12.5. The number of carbonyl (C=O) groups excluding carboxylic acids is 1. The highest BCUT2D eigenvalue weighted by Gasteiger charge is 2.17. The van der Waals surface area contributed by atoms with E-state index in [1.807, 2.05) is 11.9 Å². The van der Waals surface area contributed by atoms with Crippen molar-refractivity contribution < 1.29 is 19.8 Å². The Morgan fingerprint density at radius 1 is 1.32 bits per heavy atom. The lowest BCUT2D eigenvalue weighted by molar-refractivity contribution is -0.118. The van der Waals surface area contributed by atoms with Crippen LogP contribution in [0.15, 0.2) is 31.0 Å². The number of carbonyl (C=O) groups is 2. The van der Waals surface area contributed by atoms with Gasteiger partial charge in [-0.3, -0.25) is 4.79 Å². The molecule has 0 aromatic heterocycles. The minimum absolute atomic E-state index is 0.106. The smallest absolute Gasteiger partial charge is 0.339 e. The van der Waals surface area contributed by atoms with Gasteiger partial charge in [0.05, 0.1) is 0 Å². The van der Waals surface area contributed by atoms with E-state index in [2.05, 4.69) is 11.9 Å². The third-order valence-electron chi connectivity index (χ3n) is 3.24. The molecule has 0 spiro atoms. The van der Waals surface area contributed by atoms with Crippen LogP contribution in [0.25, 0.3) is 0 Å². The molecule has 2 rings (SSSR count). The van der Waals surface area contributed by atoms with E-state index in [1.165, 1.54) is 12.1 Å². The maximum Gasteiger partial charge on any atom is 0.339 e. The zero-order valence-electron chi connectivity index (χ0n) is 12.5. The van der Waals surface area contributed by atoms with Crippen molar-refractivity contribution in [1.82, 2.24) is 10.2 Å². The van der Waals surface area contributed by atoms with Crippen molar-refractivity contribution in [2.75, 3.05) is 38.1 Å². The number of nitrogens with one attached hydrogen (secondary N) is 1. The Labute approximate surface area is 129 Å². The summed E-state index contributed by atoms with van der Waals surface area (Å²) in [6, 6.07) is 4.50. The highest BCUT2D eigenvalue weighted by atomic mass is 16.4. The van der Waals surface area contributed by atoms with Crippen LogP contribution in [0.3, 0.4) is 0 Å². The summed E-state index contributed by atoms with van der Waals surface area (Å²) in [5.41, 5.74) is 0.660. The molecule has 7 heteroatoms. The predicted octanol–water partition coefficient (Wildman–Crippen LogP) is 0.718. The van der Waals surface area contributed by atoms with Crippen LogP contribution in [0.4, 0.5) is 5.69 Å². The van der Waals surface area contributed by atoms with Gasteiger partial charge in [0.1, 0.15) is 11.3 Å². The third kappa shape index (κ3) is 4.69. The molecule has 1 aromatic carbocycles. The Morgan fingerprint density at radius 2 is 1.91 bits per heavy atom. The second kappa shape index (κ2) is 8.56. The number of carboxylic acids is 1. The highest BCUT2D eigenvalue weighted by molar-refractivity contribution is 5.91. The fourth-order valence-electron chi connectivity index (χ4n) is 1.98. The number of benzene rings is 1. The van der Waals surface area contributed by atoms with Crippen LogP contribution < -0.4 is 10.2 Å². The van der Waals surface area contributed by atoms with Gasteiger partial charge in [0.15, 0.2) is 0 Å². The quantitative estimate of drug-likeness (QED) is 0.710. The number of hydrogen-bond donors (Lipinski definition) is 3. The van der Waals surface area contributed by atoms with E-state index in [0.29, 0.717) is 26.2 Å². The van der Waals surface area contributed by atoms with Gasteiger partial charge in [-0.05, 0) is 18.3 Å². The number of piperazine rings is 1. The molecule has 1 aliphatic rings. The second-order valence-electron chi connectivity index (χ2n) is 4.63. The van der Waals surface area contributed by atoms with Crippen molar-refractivity contribution in [3.63, 3.8) is 0 Å². The van der Waals surface area contributed by atoms with Crippen molar-refractivity contribution in [3.8, 4) is 5.75 Å². The molecule has 1 aliphatic heterocycles. The van der Waals surface area contributed by atoms with Crippen molar-refractivity contribution in [2.24, 2.45) is 0 Å². The molecule has 120 valence electrons. The summed E-state index contributed by atoms with van der Waals surface area (Å²) >= 11 is 0. The summed E-state index contributed by atoms with van der Waals surface area (Å²) in [4.78, 5) is 25.0. The SMILES string of the molecule is C=CNC.O=CN1CCN(c2ccc(C(=O)O)c(O)c2)CC1. The van der Waals surface area contributed by atoms with Crippen molar-refractivity contribution in [1.29, 1.82) is 0 Å². The molecule has 0 saturated carbocycles. The lowest BCUT2D eigenvalue weighted by Gasteiger charge is -2.34. The van der Waals surface area contributed by atoms with Gasteiger partial charge in [-0.1, -0.05) is 6.58 Å². The summed E-state index contributed by atoms with van der Waals surface area (Å²) in [7, 11) is 1.81. The maximum absolute atomic E-state index is 10.8. The number of aromatic carboxylic acids is 1. The van der Waals surface area contributed by atoms with E-state index >= 15 is 0 Å². The van der Waals surface area contributed by atoms with Gasteiger partial charge in [-0.15, -0.1) is 0 Å². The van der Waals surface area contributed by atoms with Gasteiger partial charge in [0.2, 0.25) is 6.41 Å². The van der Waals surface area contributed by atoms with E-state index in [-0.39, 0.29) is 11.3 Å². The Hall–Kier alpha value is -2.70. The number of rotatable bonds is 4. The molecule has 0 aliphatic carbocycles. The molecule has 1 fully saturated rings. The minimum Gasteiger partial charge on any atom is -0.507 e. The van der Waals surface area contributed by atoms with Crippen LogP contribution in [-0.4, -0.2) is 60.7 Å². The normalized spacial score (nSPS) is 13.7. The number of amides is 1. The lowest BCUT2D eigenvalue weighted by Crippen LogP contribution is -2.45. The number of phenols is 1. The van der Waals surface area contributed by atoms with Gasteiger partial charge in [-0.2, -0.15) is 0 Å². The molecule has 0 radical (unpaired) electrons. The zero-order chi connectivity index (χ0) is 16.5. The Balaban J connectivity index is 0.000000541. The molecule has 1 heterocycles. The minimum atomic E-state index is -1.15. The van der Waals surface area contributed by atoms with E-state index < -0.39 is 5.97 Å². The van der Waals surface area contributed by atoms with E-state index in [4.69, 9.17) is 5.11 Å². The predicted molar refractivity (Wildman–Crippen MR) is 84.2 cm³/mol. The first-order valence-electron chi connectivity index (χ1n) is 6.82. The average molecular weight is 307 g/mol. The molecule has 1 amide bonds. The van der Waals surface area contributed by atoms with Crippen molar-refractivity contribution in [3.05, 3.63) is 36.5 Å². The monoisotopic (exact) mass is 307 g/mol. The fourth-order valence-corrected chi connectivity index (χ4v) is 1.98. The maximum atomic E-state index is 10.8. The topological polar surface area (TPSA) is 93.1 Å². The molecule has 0 bridgehead atoms. The molecular weight excluding hydrogens is 286 g/mol. The van der Waals surface area contributed by atoms with Crippen LogP contribution in [0.5, 0.6) is 5.75 Å². The Bertz CT molecular complexity index is 526. The average Bonchev–Trinajstić information content (AvgIpc) is 2.54. The summed E-state index contributed by atoms with van der Waals surface area (Å²) in [6.45, 7) is 5.97. The van der Waals surface area contributed by atoms with E-state index in [1.54, 1.807) is 17.2 Å². The van der Waals surface area contributed by atoms with E-state index in [0.717, 1.165) is 12.1 Å². The molecule has 1 saturated heterocycles. The molecule has 0 unspecified atom stereocenters. The van der Waals surface area contributed by atoms with Gasteiger partial charge in [-0.25, -0.2) is 4.79 Å². The number of nitrogens with zero attached hydrogens (tertiary/aromatic N) is 2. The van der Waals surface area contributed by atoms with Gasteiger partial charge < -0.3 is 25.3 Å². The number of aromatic hydroxyl groups is 1. The van der Waals surface area contributed by atoms with Crippen LogP contribution in [0.1, 0.15) is 10.4 Å². The molecule has 7 nitrogen and oxygen atoms in total. The summed E-state index contributed by atoms with van der Waals surface area (Å²) < 4.78 is 0. The number of anilines is 1. The summed E-state index contributed by atoms with van der Waals surface area (Å²) in [5, 5.41) is 21.1. The fraction of sp³-hybridized carbons (Fsp3) is 0.333. The first kappa shape index (κ1) is 17.4. The van der Waals surface area contributed by atoms with Gasteiger partial charge >= 0.3 is 5.97 Å². The third-order valence-corrected chi connectivity index (χ3v) is 3.24. The van der Waals surface area contributed by atoms with Crippen LogP contribution in [0, 0.1) is 0 Å². The molecule has 3 N–H and O–H groups in total. The molecular formula is C15H21N3O4. The largest absolute Gasteiger partial charge is 0.507 e. The Kier molecular flexibility index (Phi) is 6.75. The number of carboxylic acid groups (broad SMARTS) is 1. The first-order valence-corrected chi connectivity index (χ1v) is 6.82. The standard InChI is InChI=1S/C12H14N2O4.C3H7N/c15-8-13-3-5-14(6-4-13)9-1-2-10(12(17)18)11(16)7-9;1-3-4-2/h1-2,7-8,16H,3-6H2,(H,17,18);3-4H,1H2,2H3. The number of hydrogen-bond acceptors (Lipinski definition) is 5. The van der Waals surface area contributed by atoms with E-state index in [9.17, 15) is 14.7 Å².